The third-order valence-electron chi connectivity index (χ3n) is 2.36. The molecule has 0 aliphatic rings. The first-order valence-corrected chi connectivity index (χ1v) is 7.00. The van der Waals surface area contributed by atoms with Gasteiger partial charge < -0.3 is 15.5 Å². The van der Waals surface area contributed by atoms with Gasteiger partial charge in [-0.15, -0.1) is 11.3 Å². The Morgan fingerprint density at radius 2 is 1.89 bits per heavy atom. The molecule has 0 aliphatic heterocycles. The Morgan fingerprint density at radius 3 is 2.47 bits per heavy atom. The third kappa shape index (κ3) is 3.78. The lowest BCUT2D eigenvalue weighted by molar-refractivity contribution is 0.938. The van der Waals surface area contributed by atoms with Crippen molar-refractivity contribution in [3.63, 3.8) is 0 Å². The van der Waals surface area contributed by atoms with Crippen LogP contribution in [-0.4, -0.2) is 35.6 Å². The standard InChI is InChI=1S/C12H18N6S/c1-4-13-10-15-11(17-12(16-10)18(2)3)14-8-9-6-5-7-19-9/h5-7H,4,8H2,1-3H3,(H2,13,14,15,16,17). The number of nitrogens with zero attached hydrogens (tertiary/aromatic N) is 4. The first kappa shape index (κ1) is 13.5. The van der Waals surface area contributed by atoms with Crippen molar-refractivity contribution in [3.05, 3.63) is 22.4 Å². The fourth-order valence-corrected chi connectivity index (χ4v) is 2.10. The molecule has 7 heteroatoms. The lowest BCUT2D eigenvalue weighted by atomic mass is 10.5. The van der Waals surface area contributed by atoms with E-state index in [1.165, 1.54) is 4.88 Å². The predicted octanol–water partition coefficient (Wildman–Crippen LogP) is 2.04. The topological polar surface area (TPSA) is 66.0 Å². The van der Waals surface area contributed by atoms with Crippen LogP contribution in [0.3, 0.4) is 0 Å². The average Bonchev–Trinajstić information content (AvgIpc) is 2.89. The summed E-state index contributed by atoms with van der Waals surface area (Å²) in [6.45, 7) is 3.51. The van der Waals surface area contributed by atoms with Gasteiger partial charge in [-0.05, 0) is 18.4 Å². The van der Waals surface area contributed by atoms with Crippen LogP contribution in [0.5, 0.6) is 0 Å². The normalized spacial score (nSPS) is 10.3. The van der Waals surface area contributed by atoms with E-state index in [2.05, 4.69) is 37.0 Å². The zero-order valence-corrected chi connectivity index (χ0v) is 12.2. The third-order valence-corrected chi connectivity index (χ3v) is 3.24. The highest BCUT2D eigenvalue weighted by Gasteiger charge is 2.07. The summed E-state index contributed by atoms with van der Waals surface area (Å²) in [7, 11) is 3.82. The predicted molar refractivity (Wildman–Crippen MR) is 80.0 cm³/mol. The average molecular weight is 278 g/mol. The van der Waals surface area contributed by atoms with Gasteiger partial charge in [0.25, 0.3) is 0 Å². The van der Waals surface area contributed by atoms with Crippen molar-refractivity contribution in [1.29, 1.82) is 0 Å². The Kier molecular flexibility index (Phi) is 4.51. The summed E-state index contributed by atoms with van der Waals surface area (Å²) >= 11 is 1.71. The number of nitrogens with one attached hydrogen (secondary N) is 2. The van der Waals surface area contributed by atoms with Crippen LogP contribution >= 0.6 is 11.3 Å². The maximum absolute atomic E-state index is 4.37. The molecule has 0 aliphatic carbocycles. The second-order valence-electron chi connectivity index (χ2n) is 4.14. The zero-order valence-electron chi connectivity index (χ0n) is 11.3. The summed E-state index contributed by atoms with van der Waals surface area (Å²) in [5.74, 6) is 1.82. The van der Waals surface area contributed by atoms with E-state index in [0.717, 1.165) is 13.1 Å². The van der Waals surface area contributed by atoms with Crippen LogP contribution in [0.4, 0.5) is 17.8 Å². The van der Waals surface area contributed by atoms with Gasteiger partial charge in [-0.25, -0.2) is 0 Å². The van der Waals surface area contributed by atoms with Crippen LogP contribution in [-0.2, 0) is 6.54 Å². The molecule has 0 amide bonds. The molecule has 0 bridgehead atoms. The fraction of sp³-hybridized carbons (Fsp3) is 0.417. The number of hydrogen-bond acceptors (Lipinski definition) is 7. The molecule has 2 aromatic heterocycles. The first-order valence-electron chi connectivity index (χ1n) is 6.12. The van der Waals surface area contributed by atoms with Crippen molar-refractivity contribution in [2.75, 3.05) is 36.2 Å². The van der Waals surface area contributed by atoms with Gasteiger partial charge in [0.05, 0.1) is 6.54 Å². The number of thiophene rings is 1. The lowest BCUT2D eigenvalue weighted by Crippen LogP contribution is -2.17. The molecule has 19 heavy (non-hydrogen) atoms. The van der Waals surface area contributed by atoms with E-state index in [4.69, 9.17) is 0 Å². The molecule has 0 saturated heterocycles. The van der Waals surface area contributed by atoms with Gasteiger partial charge in [0, 0.05) is 25.5 Å². The summed E-state index contributed by atoms with van der Waals surface area (Å²) in [5, 5.41) is 8.39. The van der Waals surface area contributed by atoms with Crippen LogP contribution in [0, 0.1) is 0 Å². The lowest BCUT2D eigenvalue weighted by Gasteiger charge is -2.13. The van der Waals surface area contributed by atoms with E-state index in [0.29, 0.717) is 17.8 Å². The van der Waals surface area contributed by atoms with Crippen molar-refractivity contribution >= 4 is 29.2 Å². The van der Waals surface area contributed by atoms with Crippen LogP contribution in [0.25, 0.3) is 0 Å². The van der Waals surface area contributed by atoms with Crippen molar-refractivity contribution < 1.29 is 0 Å². The van der Waals surface area contributed by atoms with E-state index in [-0.39, 0.29) is 0 Å². The van der Waals surface area contributed by atoms with Gasteiger partial charge in [0.1, 0.15) is 0 Å². The number of rotatable bonds is 6. The molecular weight excluding hydrogens is 260 g/mol. The van der Waals surface area contributed by atoms with Gasteiger partial charge in [-0.3, -0.25) is 0 Å². The number of hydrogen-bond donors (Lipinski definition) is 2. The molecule has 0 unspecified atom stereocenters. The fourth-order valence-electron chi connectivity index (χ4n) is 1.46. The molecule has 0 atom stereocenters. The summed E-state index contributed by atoms with van der Waals surface area (Å²) in [5.41, 5.74) is 0. The monoisotopic (exact) mass is 278 g/mol. The van der Waals surface area contributed by atoms with Gasteiger partial charge in [-0.1, -0.05) is 6.07 Å². The molecule has 2 rings (SSSR count). The maximum Gasteiger partial charge on any atom is 0.231 e. The molecule has 0 radical (unpaired) electrons. The SMILES string of the molecule is CCNc1nc(NCc2cccs2)nc(N(C)C)n1. The molecule has 0 spiro atoms. The second kappa shape index (κ2) is 6.33. The second-order valence-corrected chi connectivity index (χ2v) is 5.17. The highest BCUT2D eigenvalue weighted by atomic mass is 32.1. The molecule has 0 fully saturated rings. The quantitative estimate of drug-likeness (QED) is 0.843. The van der Waals surface area contributed by atoms with Crippen molar-refractivity contribution in [2.45, 2.75) is 13.5 Å². The van der Waals surface area contributed by atoms with Crippen LogP contribution in [0.2, 0.25) is 0 Å². The van der Waals surface area contributed by atoms with Gasteiger partial charge in [0.2, 0.25) is 17.8 Å². The maximum atomic E-state index is 4.37. The Morgan fingerprint density at radius 1 is 1.16 bits per heavy atom. The molecule has 0 saturated carbocycles. The minimum atomic E-state index is 0.586. The minimum Gasteiger partial charge on any atom is -0.354 e. The highest BCUT2D eigenvalue weighted by molar-refractivity contribution is 7.09. The highest BCUT2D eigenvalue weighted by Crippen LogP contribution is 2.14. The van der Waals surface area contributed by atoms with Gasteiger partial charge in [-0.2, -0.15) is 15.0 Å². The number of aromatic nitrogens is 3. The van der Waals surface area contributed by atoms with Crippen LogP contribution < -0.4 is 15.5 Å². The van der Waals surface area contributed by atoms with Gasteiger partial charge >= 0.3 is 0 Å². The molecule has 0 aromatic carbocycles. The van der Waals surface area contributed by atoms with Crippen LogP contribution in [0.1, 0.15) is 11.8 Å². The largest absolute Gasteiger partial charge is 0.354 e. The van der Waals surface area contributed by atoms with Crippen molar-refractivity contribution in [1.82, 2.24) is 15.0 Å². The summed E-state index contributed by atoms with van der Waals surface area (Å²) < 4.78 is 0. The Labute approximate surface area is 116 Å². The Balaban J connectivity index is 2.13. The van der Waals surface area contributed by atoms with E-state index in [1.54, 1.807) is 11.3 Å². The summed E-state index contributed by atoms with van der Waals surface area (Å²) in [6.07, 6.45) is 0. The van der Waals surface area contributed by atoms with E-state index in [1.807, 2.05) is 32.0 Å². The molecule has 2 heterocycles. The summed E-state index contributed by atoms with van der Waals surface area (Å²) in [4.78, 5) is 16.1. The van der Waals surface area contributed by atoms with E-state index < -0.39 is 0 Å². The van der Waals surface area contributed by atoms with E-state index in [9.17, 15) is 0 Å². The van der Waals surface area contributed by atoms with Gasteiger partial charge in [0.15, 0.2) is 0 Å². The zero-order chi connectivity index (χ0) is 13.7. The molecule has 102 valence electrons. The molecule has 6 nitrogen and oxygen atoms in total. The molecule has 2 aromatic rings. The molecular formula is C12H18N6S. The summed E-state index contributed by atoms with van der Waals surface area (Å²) in [6, 6.07) is 4.11. The first-order chi connectivity index (χ1) is 9.19. The smallest absolute Gasteiger partial charge is 0.231 e. The van der Waals surface area contributed by atoms with Crippen molar-refractivity contribution in [2.24, 2.45) is 0 Å². The molecule has 2 N–H and O–H groups in total. The number of anilines is 3. The Hall–Kier alpha value is -1.89. The van der Waals surface area contributed by atoms with E-state index >= 15 is 0 Å². The van der Waals surface area contributed by atoms with Crippen LogP contribution in [0.15, 0.2) is 17.5 Å². The Bertz CT molecular complexity index is 511. The minimum absolute atomic E-state index is 0.586. The van der Waals surface area contributed by atoms with Crippen molar-refractivity contribution in [3.8, 4) is 0 Å².